The molecule has 1 atom stereocenters. The average Bonchev–Trinajstić information content (AvgIpc) is 2.78. The molecule has 1 aliphatic rings. The molecule has 21 heavy (non-hydrogen) atoms. The molecule has 0 spiro atoms. The fourth-order valence-corrected chi connectivity index (χ4v) is 4.06. The fraction of sp³-hybridized carbons (Fsp3) is 0.714. The van der Waals surface area contributed by atoms with E-state index in [-0.39, 0.29) is 6.04 Å². The van der Waals surface area contributed by atoms with E-state index < -0.39 is 10.0 Å². The summed E-state index contributed by atoms with van der Waals surface area (Å²) >= 11 is 0. The van der Waals surface area contributed by atoms with Crippen molar-refractivity contribution in [1.82, 2.24) is 19.5 Å². The van der Waals surface area contributed by atoms with Gasteiger partial charge in [0.05, 0.1) is 4.90 Å². The van der Waals surface area contributed by atoms with Crippen molar-refractivity contribution in [2.75, 3.05) is 26.7 Å². The summed E-state index contributed by atoms with van der Waals surface area (Å²) in [5, 5.41) is 3.21. The molecule has 2 rings (SSSR count). The van der Waals surface area contributed by atoms with E-state index in [1.165, 1.54) is 0 Å². The molecule has 1 aromatic heterocycles. The summed E-state index contributed by atoms with van der Waals surface area (Å²) in [5.41, 5.74) is 0.970. The van der Waals surface area contributed by atoms with Gasteiger partial charge in [-0.25, -0.2) is 13.1 Å². The number of hydrogen-bond donors (Lipinski definition) is 2. The van der Waals surface area contributed by atoms with Crippen molar-refractivity contribution in [2.45, 2.75) is 37.2 Å². The van der Waals surface area contributed by atoms with E-state index in [2.05, 4.69) is 14.9 Å². The molecule has 0 bridgehead atoms. The first-order valence-corrected chi connectivity index (χ1v) is 8.97. The van der Waals surface area contributed by atoms with E-state index in [0.29, 0.717) is 11.4 Å². The van der Waals surface area contributed by atoms with Gasteiger partial charge in [-0.05, 0) is 39.0 Å². The molecule has 7 heteroatoms. The smallest absolute Gasteiger partial charge is 0.242 e. The molecule has 2 N–H and O–H groups in total. The Hall–Kier alpha value is -0.890. The van der Waals surface area contributed by atoms with E-state index in [1.54, 1.807) is 12.3 Å². The highest BCUT2D eigenvalue weighted by molar-refractivity contribution is 7.89. The normalized spacial score (nSPS) is 20.8. The Balaban J connectivity index is 2.08. The molecule has 1 saturated heterocycles. The van der Waals surface area contributed by atoms with Crippen molar-refractivity contribution in [3.05, 3.63) is 18.0 Å². The maximum atomic E-state index is 12.5. The topological polar surface area (TPSA) is 66.4 Å². The second kappa shape index (κ2) is 6.91. The van der Waals surface area contributed by atoms with Crippen LogP contribution in [0.2, 0.25) is 0 Å². The monoisotopic (exact) mass is 314 g/mol. The van der Waals surface area contributed by atoms with Crippen LogP contribution >= 0.6 is 0 Å². The average molecular weight is 314 g/mol. The molecule has 2 heterocycles. The quantitative estimate of drug-likeness (QED) is 0.803. The van der Waals surface area contributed by atoms with Gasteiger partial charge in [-0.2, -0.15) is 0 Å². The standard InChI is InChI=1S/C14H26N4O2S/c1-4-15-9-13-8-14(11-18(13)3)21(19,20)16-12-6-5-7-17(2)10-12/h8,11-12,15-16H,4-7,9-10H2,1-3H3. The van der Waals surface area contributed by atoms with Gasteiger partial charge in [0.2, 0.25) is 10.0 Å². The van der Waals surface area contributed by atoms with Crippen molar-refractivity contribution >= 4 is 10.0 Å². The van der Waals surface area contributed by atoms with Gasteiger partial charge < -0.3 is 14.8 Å². The fourth-order valence-electron chi connectivity index (χ4n) is 2.70. The molecule has 0 saturated carbocycles. The first-order chi connectivity index (χ1) is 9.92. The Bertz CT molecular complexity index is 568. The number of aryl methyl sites for hydroxylation is 1. The second-order valence-electron chi connectivity index (χ2n) is 5.78. The lowest BCUT2D eigenvalue weighted by molar-refractivity contribution is 0.242. The zero-order valence-corrected chi connectivity index (χ0v) is 13.9. The summed E-state index contributed by atoms with van der Waals surface area (Å²) in [6, 6.07) is 1.75. The molecule has 0 aromatic carbocycles. The van der Waals surface area contributed by atoms with Gasteiger partial charge in [0, 0.05) is 38.1 Å². The van der Waals surface area contributed by atoms with Crippen LogP contribution in [0, 0.1) is 0 Å². The summed E-state index contributed by atoms with van der Waals surface area (Å²) in [6.07, 6.45) is 3.62. The first-order valence-electron chi connectivity index (χ1n) is 7.49. The molecule has 1 unspecified atom stereocenters. The highest BCUT2D eigenvalue weighted by Gasteiger charge is 2.25. The van der Waals surface area contributed by atoms with Crippen LogP contribution in [0.15, 0.2) is 17.2 Å². The lowest BCUT2D eigenvalue weighted by Crippen LogP contribution is -2.46. The Morgan fingerprint density at radius 2 is 2.14 bits per heavy atom. The first kappa shape index (κ1) is 16.5. The van der Waals surface area contributed by atoms with Gasteiger partial charge in [-0.1, -0.05) is 6.92 Å². The number of likely N-dealkylation sites (N-methyl/N-ethyl adjacent to an activating group) is 1. The summed E-state index contributed by atoms with van der Waals surface area (Å²) in [4.78, 5) is 2.52. The highest BCUT2D eigenvalue weighted by Crippen LogP contribution is 2.16. The van der Waals surface area contributed by atoms with Crippen LogP contribution in [0.5, 0.6) is 0 Å². The van der Waals surface area contributed by atoms with Gasteiger partial charge in [0.1, 0.15) is 0 Å². The second-order valence-corrected chi connectivity index (χ2v) is 7.50. The molecule has 120 valence electrons. The molecule has 6 nitrogen and oxygen atoms in total. The van der Waals surface area contributed by atoms with Crippen molar-refractivity contribution in [3.8, 4) is 0 Å². The van der Waals surface area contributed by atoms with E-state index in [1.807, 2.05) is 25.6 Å². The molecule has 0 aliphatic carbocycles. The SMILES string of the molecule is CCNCc1cc(S(=O)(=O)NC2CCCN(C)C2)cn1C. The summed E-state index contributed by atoms with van der Waals surface area (Å²) in [7, 11) is 0.465. The molecule has 1 fully saturated rings. The number of hydrogen-bond acceptors (Lipinski definition) is 4. The van der Waals surface area contributed by atoms with Crippen LogP contribution in [0.1, 0.15) is 25.5 Å². The van der Waals surface area contributed by atoms with Crippen molar-refractivity contribution in [3.63, 3.8) is 0 Å². The molecule has 1 aromatic rings. The Morgan fingerprint density at radius 1 is 1.38 bits per heavy atom. The molecule has 1 aliphatic heterocycles. The summed E-state index contributed by atoms with van der Waals surface area (Å²) in [5.74, 6) is 0. The molecule has 0 amide bonds. The zero-order valence-electron chi connectivity index (χ0n) is 13.1. The van der Waals surface area contributed by atoms with Gasteiger partial charge >= 0.3 is 0 Å². The van der Waals surface area contributed by atoms with Gasteiger partial charge in [0.15, 0.2) is 0 Å². The maximum absolute atomic E-state index is 12.5. The third kappa shape index (κ3) is 4.29. The van der Waals surface area contributed by atoms with E-state index in [4.69, 9.17) is 0 Å². The minimum atomic E-state index is -3.44. The van der Waals surface area contributed by atoms with Gasteiger partial charge in [-0.3, -0.25) is 0 Å². The third-order valence-corrected chi connectivity index (χ3v) is 5.38. The van der Waals surface area contributed by atoms with Crippen molar-refractivity contribution < 1.29 is 8.42 Å². The minimum absolute atomic E-state index is 0.00572. The van der Waals surface area contributed by atoms with Gasteiger partial charge in [0.25, 0.3) is 0 Å². The van der Waals surface area contributed by atoms with Crippen LogP contribution in [-0.2, 0) is 23.6 Å². The molecular formula is C14H26N4O2S. The number of piperidine rings is 1. The Labute approximate surface area is 127 Å². The highest BCUT2D eigenvalue weighted by atomic mass is 32.2. The van der Waals surface area contributed by atoms with Crippen molar-refractivity contribution in [1.29, 1.82) is 0 Å². The predicted molar refractivity (Wildman–Crippen MR) is 83.6 cm³/mol. The van der Waals surface area contributed by atoms with E-state index in [9.17, 15) is 8.42 Å². The molecular weight excluding hydrogens is 288 g/mol. The summed E-state index contributed by atoms with van der Waals surface area (Å²) in [6.45, 7) is 5.38. The van der Waals surface area contributed by atoms with Crippen LogP contribution in [0.4, 0.5) is 0 Å². The lowest BCUT2D eigenvalue weighted by Gasteiger charge is -2.29. The minimum Gasteiger partial charge on any atom is -0.352 e. The predicted octanol–water partition coefficient (Wildman–Crippen LogP) is 0.507. The molecule has 0 radical (unpaired) electrons. The summed E-state index contributed by atoms with van der Waals surface area (Å²) < 4.78 is 29.7. The maximum Gasteiger partial charge on any atom is 0.242 e. The number of nitrogens with zero attached hydrogens (tertiary/aromatic N) is 2. The van der Waals surface area contributed by atoms with Crippen LogP contribution < -0.4 is 10.0 Å². The lowest BCUT2D eigenvalue weighted by atomic mass is 10.1. The third-order valence-electron chi connectivity index (χ3n) is 3.90. The van der Waals surface area contributed by atoms with Crippen LogP contribution in [0.25, 0.3) is 0 Å². The zero-order chi connectivity index (χ0) is 15.5. The van der Waals surface area contributed by atoms with E-state index >= 15 is 0 Å². The number of likely N-dealkylation sites (tertiary alicyclic amines) is 1. The Morgan fingerprint density at radius 3 is 2.81 bits per heavy atom. The number of rotatable bonds is 6. The van der Waals surface area contributed by atoms with E-state index in [0.717, 1.165) is 38.2 Å². The van der Waals surface area contributed by atoms with Crippen molar-refractivity contribution in [2.24, 2.45) is 7.05 Å². The largest absolute Gasteiger partial charge is 0.352 e. The number of nitrogens with one attached hydrogen (secondary N) is 2. The number of aromatic nitrogens is 1. The number of sulfonamides is 1. The van der Waals surface area contributed by atoms with Gasteiger partial charge in [-0.15, -0.1) is 0 Å². The van der Waals surface area contributed by atoms with Crippen LogP contribution in [-0.4, -0.2) is 50.6 Å². The van der Waals surface area contributed by atoms with Crippen LogP contribution in [0.3, 0.4) is 0 Å². The Kier molecular flexibility index (Phi) is 5.43.